The van der Waals surface area contributed by atoms with Gasteiger partial charge in [0.1, 0.15) is 11.5 Å². The molecule has 1 atom stereocenters. The monoisotopic (exact) mass is 274 g/mol. The van der Waals surface area contributed by atoms with Crippen LogP contribution in [-0.4, -0.2) is 22.5 Å². The molecule has 0 bridgehead atoms. The number of aliphatic hydroxyl groups is 1. The van der Waals surface area contributed by atoms with E-state index in [0.717, 1.165) is 5.69 Å². The third-order valence-corrected chi connectivity index (χ3v) is 2.84. The zero-order valence-corrected chi connectivity index (χ0v) is 11.0. The van der Waals surface area contributed by atoms with Gasteiger partial charge in [-0.3, -0.25) is 4.79 Å². The Morgan fingerprint density at radius 1 is 1.30 bits per heavy atom. The molecule has 1 aromatic carbocycles. The van der Waals surface area contributed by atoms with Gasteiger partial charge in [0.05, 0.1) is 6.10 Å². The van der Waals surface area contributed by atoms with E-state index in [0.29, 0.717) is 0 Å². The molecule has 0 saturated carbocycles. The first-order valence-corrected chi connectivity index (χ1v) is 6.22. The smallest absolute Gasteiger partial charge is 0.269 e. The van der Waals surface area contributed by atoms with Crippen LogP contribution in [0, 0.1) is 12.7 Å². The normalized spacial score (nSPS) is 11.9. The van der Waals surface area contributed by atoms with Crippen molar-refractivity contribution in [2.45, 2.75) is 13.0 Å². The fourth-order valence-electron chi connectivity index (χ4n) is 1.80. The van der Waals surface area contributed by atoms with Crippen molar-refractivity contribution >= 4 is 5.91 Å². The quantitative estimate of drug-likeness (QED) is 0.896. The number of nitrogens with one attached hydrogen (secondary N) is 1. The minimum atomic E-state index is -1.09. The number of carbonyl (C=O) groups excluding carboxylic acids is 1. The Balaban J connectivity index is 1.99. The standard InChI is InChI=1S/C15H15FN2O2/c1-10-5-4-8-13(18-10)15(20)17-9-14(19)11-6-2-3-7-12(11)16/h2-8,14,19H,9H2,1H3,(H,17,20). The summed E-state index contributed by atoms with van der Waals surface area (Å²) in [5.74, 6) is -0.896. The molecule has 0 aliphatic rings. The van der Waals surface area contributed by atoms with E-state index >= 15 is 0 Å². The lowest BCUT2D eigenvalue weighted by atomic mass is 10.1. The van der Waals surface area contributed by atoms with Crippen LogP contribution in [0.25, 0.3) is 0 Å². The highest BCUT2D eigenvalue weighted by Gasteiger charge is 2.14. The Morgan fingerprint density at radius 3 is 2.75 bits per heavy atom. The second kappa shape index (κ2) is 6.25. The van der Waals surface area contributed by atoms with Crippen molar-refractivity contribution in [3.8, 4) is 0 Å². The zero-order valence-electron chi connectivity index (χ0n) is 11.0. The minimum absolute atomic E-state index is 0.0740. The van der Waals surface area contributed by atoms with Crippen LogP contribution in [0.5, 0.6) is 0 Å². The topological polar surface area (TPSA) is 62.2 Å². The largest absolute Gasteiger partial charge is 0.386 e. The van der Waals surface area contributed by atoms with Gasteiger partial charge >= 0.3 is 0 Å². The fraction of sp³-hybridized carbons (Fsp3) is 0.200. The number of aromatic nitrogens is 1. The van der Waals surface area contributed by atoms with Gasteiger partial charge < -0.3 is 10.4 Å². The van der Waals surface area contributed by atoms with Crippen molar-refractivity contribution in [2.24, 2.45) is 0 Å². The van der Waals surface area contributed by atoms with Crippen LogP contribution in [0.2, 0.25) is 0 Å². The van der Waals surface area contributed by atoms with Crippen LogP contribution in [0.1, 0.15) is 27.8 Å². The number of halogens is 1. The Morgan fingerprint density at radius 2 is 2.05 bits per heavy atom. The summed E-state index contributed by atoms with van der Waals surface area (Å²) >= 11 is 0. The maximum Gasteiger partial charge on any atom is 0.269 e. The lowest BCUT2D eigenvalue weighted by Crippen LogP contribution is -2.29. The molecule has 0 fully saturated rings. The molecule has 2 aromatic rings. The summed E-state index contributed by atoms with van der Waals surface area (Å²) in [5.41, 5.74) is 1.16. The summed E-state index contributed by atoms with van der Waals surface area (Å²) in [7, 11) is 0. The van der Waals surface area contributed by atoms with E-state index in [2.05, 4.69) is 10.3 Å². The summed E-state index contributed by atoms with van der Waals surface area (Å²) < 4.78 is 13.5. The summed E-state index contributed by atoms with van der Waals surface area (Å²) in [5, 5.41) is 12.4. The van der Waals surface area contributed by atoms with E-state index in [4.69, 9.17) is 0 Å². The molecular formula is C15H15FN2O2. The minimum Gasteiger partial charge on any atom is -0.386 e. The predicted molar refractivity (Wildman–Crippen MR) is 72.7 cm³/mol. The summed E-state index contributed by atoms with van der Waals surface area (Å²) in [4.78, 5) is 15.9. The van der Waals surface area contributed by atoms with Crippen LogP contribution in [0.4, 0.5) is 4.39 Å². The Bertz CT molecular complexity index is 616. The molecule has 2 rings (SSSR count). The number of aliphatic hydroxyl groups excluding tert-OH is 1. The second-order valence-corrected chi connectivity index (χ2v) is 4.41. The van der Waals surface area contributed by atoms with Crippen molar-refractivity contribution in [3.05, 3.63) is 65.2 Å². The number of hydrogen-bond acceptors (Lipinski definition) is 3. The molecular weight excluding hydrogens is 259 g/mol. The van der Waals surface area contributed by atoms with Gasteiger partial charge in [-0.05, 0) is 25.1 Å². The highest BCUT2D eigenvalue weighted by atomic mass is 19.1. The maximum atomic E-state index is 13.5. The van der Waals surface area contributed by atoms with Gasteiger partial charge in [-0.15, -0.1) is 0 Å². The Hall–Kier alpha value is -2.27. The van der Waals surface area contributed by atoms with Crippen molar-refractivity contribution in [2.75, 3.05) is 6.54 Å². The molecule has 20 heavy (non-hydrogen) atoms. The number of hydrogen-bond donors (Lipinski definition) is 2. The number of amides is 1. The molecule has 1 amide bonds. The first-order chi connectivity index (χ1) is 9.58. The van der Waals surface area contributed by atoms with Gasteiger partial charge in [0, 0.05) is 17.8 Å². The molecule has 0 spiro atoms. The van der Waals surface area contributed by atoms with Gasteiger partial charge in [0.25, 0.3) is 5.91 Å². The molecule has 1 unspecified atom stereocenters. The van der Waals surface area contributed by atoms with Gasteiger partial charge in [0.2, 0.25) is 0 Å². The molecule has 104 valence electrons. The predicted octanol–water partition coefficient (Wildman–Crippen LogP) is 1.99. The molecule has 5 heteroatoms. The lowest BCUT2D eigenvalue weighted by molar-refractivity contribution is 0.0909. The zero-order chi connectivity index (χ0) is 14.5. The highest BCUT2D eigenvalue weighted by Crippen LogP contribution is 2.15. The molecule has 4 nitrogen and oxygen atoms in total. The van der Waals surface area contributed by atoms with Crippen LogP contribution in [0.15, 0.2) is 42.5 Å². The SMILES string of the molecule is Cc1cccc(C(=O)NCC(O)c2ccccc2F)n1. The number of benzene rings is 1. The van der Waals surface area contributed by atoms with Gasteiger partial charge in [-0.2, -0.15) is 0 Å². The first-order valence-electron chi connectivity index (χ1n) is 6.22. The van der Waals surface area contributed by atoms with Crippen molar-refractivity contribution < 1.29 is 14.3 Å². The van der Waals surface area contributed by atoms with Crippen molar-refractivity contribution in [1.29, 1.82) is 0 Å². The molecule has 1 heterocycles. The van der Waals surface area contributed by atoms with Crippen LogP contribution >= 0.6 is 0 Å². The van der Waals surface area contributed by atoms with Gasteiger partial charge in [-0.25, -0.2) is 9.37 Å². The van der Waals surface area contributed by atoms with E-state index in [-0.39, 0.29) is 17.8 Å². The van der Waals surface area contributed by atoms with Gasteiger partial charge in [-0.1, -0.05) is 24.3 Å². The Labute approximate surface area is 116 Å². The third-order valence-electron chi connectivity index (χ3n) is 2.84. The number of carbonyl (C=O) groups is 1. The van der Waals surface area contributed by atoms with E-state index in [1.54, 1.807) is 37.3 Å². The highest BCUT2D eigenvalue weighted by molar-refractivity contribution is 5.92. The molecule has 2 N–H and O–H groups in total. The number of pyridine rings is 1. The average molecular weight is 274 g/mol. The second-order valence-electron chi connectivity index (χ2n) is 4.41. The average Bonchev–Trinajstić information content (AvgIpc) is 2.45. The molecule has 0 radical (unpaired) electrons. The lowest BCUT2D eigenvalue weighted by Gasteiger charge is -2.12. The molecule has 0 saturated heterocycles. The van der Waals surface area contributed by atoms with Crippen molar-refractivity contribution in [3.63, 3.8) is 0 Å². The molecule has 0 aliphatic heterocycles. The number of rotatable bonds is 4. The summed E-state index contributed by atoms with van der Waals surface area (Å²) in [6.07, 6.45) is -1.09. The summed E-state index contributed by atoms with van der Waals surface area (Å²) in [6.45, 7) is 1.71. The third kappa shape index (κ3) is 3.39. The van der Waals surface area contributed by atoms with E-state index in [1.165, 1.54) is 12.1 Å². The number of nitrogens with zero attached hydrogens (tertiary/aromatic N) is 1. The van der Waals surface area contributed by atoms with Crippen LogP contribution in [-0.2, 0) is 0 Å². The first kappa shape index (κ1) is 14.1. The molecule has 1 aromatic heterocycles. The van der Waals surface area contributed by atoms with Crippen LogP contribution < -0.4 is 5.32 Å². The summed E-state index contributed by atoms with van der Waals surface area (Å²) in [6, 6.07) is 11.0. The van der Waals surface area contributed by atoms with E-state index in [9.17, 15) is 14.3 Å². The maximum absolute atomic E-state index is 13.5. The number of aryl methyl sites for hydroxylation is 1. The van der Waals surface area contributed by atoms with E-state index < -0.39 is 17.8 Å². The van der Waals surface area contributed by atoms with Crippen LogP contribution in [0.3, 0.4) is 0 Å². The van der Waals surface area contributed by atoms with Gasteiger partial charge in [0.15, 0.2) is 0 Å². The fourth-order valence-corrected chi connectivity index (χ4v) is 1.80. The Kier molecular flexibility index (Phi) is 4.42. The van der Waals surface area contributed by atoms with Crippen molar-refractivity contribution in [1.82, 2.24) is 10.3 Å². The van der Waals surface area contributed by atoms with E-state index in [1.807, 2.05) is 0 Å². The molecule has 0 aliphatic carbocycles.